The predicted octanol–water partition coefficient (Wildman–Crippen LogP) is 3.88. The molecule has 4 heteroatoms. The van der Waals surface area contributed by atoms with Gasteiger partial charge < -0.3 is 10.2 Å². The van der Waals surface area contributed by atoms with Gasteiger partial charge in [-0.05, 0) is 43.2 Å². The summed E-state index contributed by atoms with van der Waals surface area (Å²) in [5, 5.41) is 2.88. The van der Waals surface area contributed by atoms with E-state index < -0.39 is 0 Å². The maximum absolute atomic E-state index is 12.7. The molecule has 0 aromatic heterocycles. The molecule has 4 nitrogen and oxygen atoms in total. The smallest absolute Gasteiger partial charge is 0.254 e. The van der Waals surface area contributed by atoms with E-state index in [2.05, 4.69) is 12.2 Å². The fraction of sp³-hybridized carbons (Fsp3) is 0.333. The highest BCUT2D eigenvalue weighted by Gasteiger charge is 2.15. The van der Waals surface area contributed by atoms with E-state index in [-0.39, 0.29) is 11.8 Å². The number of amides is 2. The van der Waals surface area contributed by atoms with Gasteiger partial charge in [-0.1, -0.05) is 43.7 Å². The van der Waals surface area contributed by atoms with Crippen molar-refractivity contribution in [3.05, 3.63) is 71.3 Å². The van der Waals surface area contributed by atoms with E-state index in [1.54, 1.807) is 29.2 Å². The van der Waals surface area contributed by atoms with E-state index in [1.165, 1.54) is 0 Å². The van der Waals surface area contributed by atoms with Crippen LogP contribution in [-0.2, 0) is 6.54 Å². The highest BCUT2D eigenvalue weighted by molar-refractivity contribution is 5.97. The first kappa shape index (κ1) is 18.7. The Morgan fingerprint density at radius 3 is 2.16 bits per heavy atom. The third-order valence-corrected chi connectivity index (χ3v) is 4.10. The lowest BCUT2D eigenvalue weighted by Crippen LogP contribution is -2.30. The lowest BCUT2D eigenvalue weighted by atomic mass is 10.1. The zero-order chi connectivity index (χ0) is 18.1. The molecule has 1 N–H and O–H groups in total. The largest absolute Gasteiger partial charge is 0.352 e. The third-order valence-electron chi connectivity index (χ3n) is 4.10. The van der Waals surface area contributed by atoms with E-state index in [0.717, 1.165) is 18.4 Å². The predicted molar refractivity (Wildman–Crippen MR) is 101 cm³/mol. The first-order valence-corrected chi connectivity index (χ1v) is 8.87. The van der Waals surface area contributed by atoms with Crippen LogP contribution in [0.25, 0.3) is 0 Å². The Morgan fingerprint density at radius 2 is 1.56 bits per heavy atom. The van der Waals surface area contributed by atoms with Crippen molar-refractivity contribution in [3.63, 3.8) is 0 Å². The van der Waals surface area contributed by atoms with Crippen LogP contribution in [0.3, 0.4) is 0 Å². The quantitative estimate of drug-likeness (QED) is 0.743. The Labute approximate surface area is 149 Å². The summed E-state index contributed by atoms with van der Waals surface area (Å²) < 4.78 is 0. The molecule has 2 rings (SSSR count). The number of nitrogens with zero attached hydrogens (tertiary/aromatic N) is 1. The minimum absolute atomic E-state index is 0.0238. The van der Waals surface area contributed by atoms with E-state index >= 15 is 0 Å². The van der Waals surface area contributed by atoms with Gasteiger partial charge in [0.1, 0.15) is 0 Å². The molecule has 2 amide bonds. The summed E-state index contributed by atoms with van der Waals surface area (Å²) in [4.78, 5) is 26.5. The van der Waals surface area contributed by atoms with Crippen molar-refractivity contribution < 1.29 is 9.59 Å². The maximum Gasteiger partial charge on any atom is 0.254 e. The first-order chi connectivity index (χ1) is 12.2. The molecule has 0 aliphatic carbocycles. The molecule has 0 saturated carbocycles. The van der Waals surface area contributed by atoms with E-state index in [4.69, 9.17) is 0 Å². The monoisotopic (exact) mass is 338 g/mol. The molecular weight excluding hydrogens is 312 g/mol. The number of unbranched alkanes of at least 4 members (excludes halogenated alkanes) is 1. The molecule has 0 heterocycles. The van der Waals surface area contributed by atoms with Crippen LogP contribution >= 0.6 is 0 Å². The lowest BCUT2D eigenvalue weighted by Gasteiger charge is -2.21. The SMILES string of the molecule is CCCCNC(=O)c1ccc(C(=O)N(CC)Cc2ccccc2)cc1. The average molecular weight is 338 g/mol. The van der Waals surface area contributed by atoms with Crippen LogP contribution in [-0.4, -0.2) is 29.8 Å². The number of benzene rings is 2. The molecular formula is C21H26N2O2. The van der Waals surface area contributed by atoms with E-state index in [0.29, 0.717) is 30.8 Å². The number of carbonyl (C=O) groups excluding carboxylic acids is 2. The number of rotatable bonds is 8. The van der Waals surface area contributed by atoms with Crippen LogP contribution in [0.2, 0.25) is 0 Å². The molecule has 0 atom stereocenters. The summed E-state index contributed by atoms with van der Waals surface area (Å²) in [6, 6.07) is 16.8. The van der Waals surface area contributed by atoms with Crippen LogP contribution in [0.1, 0.15) is 53.0 Å². The molecule has 0 bridgehead atoms. The van der Waals surface area contributed by atoms with Crippen molar-refractivity contribution in [2.75, 3.05) is 13.1 Å². The van der Waals surface area contributed by atoms with Crippen molar-refractivity contribution in [1.82, 2.24) is 10.2 Å². The number of nitrogens with one attached hydrogen (secondary N) is 1. The second-order valence-corrected chi connectivity index (χ2v) is 5.99. The minimum atomic E-state index is -0.0934. The van der Waals surface area contributed by atoms with Gasteiger partial charge in [-0.3, -0.25) is 9.59 Å². The Bertz CT molecular complexity index is 681. The lowest BCUT2D eigenvalue weighted by molar-refractivity contribution is 0.0752. The second-order valence-electron chi connectivity index (χ2n) is 5.99. The van der Waals surface area contributed by atoms with Crippen LogP contribution in [0, 0.1) is 0 Å². The number of hydrogen-bond acceptors (Lipinski definition) is 2. The summed E-state index contributed by atoms with van der Waals surface area (Å²) in [7, 11) is 0. The van der Waals surface area contributed by atoms with Crippen molar-refractivity contribution >= 4 is 11.8 Å². The molecule has 25 heavy (non-hydrogen) atoms. The molecule has 132 valence electrons. The molecule has 0 aliphatic rings. The Hall–Kier alpha value is -2.62. The topological polar surface area (TPSA) is 49.4 Å². The highest BCUT2D eigenvalue weighted by atomic mass is 16.2. The van der Waals surface area contributed by atoms with Gasteiger partial charge in [0, 0.05) is 30.8 Å². The summed E-state index contributed by atoms with van der Waals surface area (Å²) in [6.07, 6.45) is 2.01. The Morgan fingerprint density at radius 1 is 0.920 bits per heavy atom. The Kier molecular flexibility index (Phi) is 7.20. The Balaban J connectivity index is 2.02. The van der Waals surface area contributed by atoms with Gasteiger partial charge in [0.25, 0.3) is 11.8 Å². The standard InChI is InChI=1S/C21H26N2O2/c1-3-5-15-22-20(24)18-11-13-19(14-12-18)21(25)23(4-2)16-17-9-7-6-8-10-17/h6-14H,3-5,15-16H2,1-2H3,(H,22,24). The van der Waals surface area contributed by atoms with Crippen LogP contribution in [0.15, 0.2) is 54.6 Å². The zero-order valence-electron chi connectivity index (χ0n) is 15.0. The molecule has 2 aromatic rings. The summed E-state index contributed by atoms with van der Waals surface area (Å²) in [5.74, 6) is -0.117. The summed E-state index contributed by atoms with van der Waals surface area (Å²) in [5.41, 5.74) is 2.28. The van der Waals surface area contributed by atoms with Crippen LogP contribution in [0.5, 0.6) is 0 Å². The maximum atomic E-state index is 12.7. The van der Waals surface area contributed by atoms with Gasteiger partial charge >= 0.3 is 0 Å². The number of hydrogen-bond donors (Lipinski definition) is 1. The summed E-state index contributed by atoms with van der Waals surface area (Å²) >= 11 is 0. The molecule has 0 saturated heterocycles. The van der Waals surface area contributed by atoms with Crippen LogP contribution < -0.4 is 5.32 Å². The van der Waals surface area contributed by atoms with Crippen molar-refractivity contribution in [2.24, 2.45) is 0 Å². The highest BCUT2D eigenvalue weighted by Crippen LogP contribution is 2.11. The van der Waals surface area contributed by atoms with Gasteiger partial charge in [-0.25, -0.2) is 0 Å². The average Bonchev–Trinajstić information content (AvgIpc) is 2.66. The second kappa shape index (κ2) is 9.62. The van der Waals surface area contributed by atoms with E-state index in [9.17, 15) is 9.59 Å². The summed E-state index contributed by atoms with van der Waals surface area (Å²) in [6.45, 7) is 5.94. The van der Waals surface area contributed by atoms with Gasteiger partial charge in [0.05, 0.1) is 0 Å². The van der Waals surface area contributed by atoms with Gasteiger partial charge in [-0.2, -0.15) is 0 Å². The first-order valence-electron chi connectivity index (χ1n) is 8.87. The minimum Gasteiger partial charge on any atom is -0.352 e. The normalized spacial score (nSPS) is 10.3. The van der Waals surface area contributed by atoms with Gasteiger partial charge in [-0.15, -0.1) is 0 Å². The zero-order valence-corrected chi connectivity index (χ0v) is 15.0. The van der Waals surface area contributed by atoms with Crippen molar-refractivity contribution in [1.29, 1.82) is 0 Å². The van der Waals surface area contributed by atoms with Crippen molar-refractivity contribution in [3.8, 4) is 0 Å². The molecule has 0 spiro atoms. The van der Waals surface area contributed by atoms with Crippen molar-refractivity contribution in [2.45, 2.75) is 33.2 Å². The van der Waals surface area contributed by atoms with Crippen LogP contribution in [0.4, 0.5) is 0 Å². The van der Waals surface area contributed by atoms with Gasteiger partial charge in [0.2, 0.25) is 0 Å². The fourth-order valence-corrected chi connectivity index (χ4v) is 2.56. The fourth-order valence-electron chi connectivity index (χ4n) is 2.56. The molecule has 2 aromatic carbocycles. The molecule has 0 aliphatic heterocycles. The van der Waals surface area contributed by atoms with Gasteiger partial charge in [0.15, 0.2) is 0 Å². The third kappa shape index (κ3) is 5.45. The van der Waals surface area contributed by atoms with E-state index in [1.807, 2.05) is 37.3 Å². The molecule has 0 unspecified atom stereocenters. The molecule has 0 radical (unpaired) electrons. The number of carbonyl (C=O) groups is 2. The molecule has 0 fully saturated rings.